The molecule has 1 N–H and O–H groups in total. The van der Waals surface area contributed by atoms with Crippen molar-refractivity contribution in [1.82, 2.24) is 10.2 Å². The molecular weight excluding hydrogens is 184 g/mol. The molecule has 0 saturated heterocycles. The zero-order valence-corrected chi connectivity index (χ0v) is 10.8. The summed E-state index contributed by atoms with van der Waals surface area (Å²) in [5, 5.41) is 3.23. The summed E-state index contributed by atoms with van der Waals surface area (Å²) < 4.78 is 0. The van der Waals surface area contributed by atoms with E-state index >= 15 is 0 Å². The summed E-state index contributed by atoms with van der Waals surface area (Å²) in [5.41, 5.74) is 0. The van der Waals surface area contributed by atoms with Crippen LogP contribution in [0.3, 0.4) is 0 Å². The van der Waals surface area contributed by atoms with E-state index in [1.165, 1.54) is 45.1 Å². The first kappa shape index (κ1) is 13.0. The van der Waals surface area contributed by atoms with Crippen LogP contribution in [0.25, 0.3) is 0 Å². The Morgan fingerprint density at radius 2 is 2.00 bits per heavy atom. The lowest BCUT2D eigenvalue weighted by molar-refractivity contribution is 0.221. The van der Waals surface area contributed by atoms with Crippen LogP contribution in [0.5, 0.6) is 0 Å². The summed E-state index contributed by atoms with van der Waals surface area (Å²) in [6.45, 7) is 4.65. The fourth-order valence-electron chi connectivity index (χ4n) is 2.68. The highest BCUT2D eigenvalue weighted by molar-refractivity contribution is 4.75. The van der Waals surface area contributed by atoms with Gasteiger partial charge in [-0.15, -0.1) is 0 Å². The molecule has 1 aliphatic carbocycles. The lowest BCUT2D eigenvalue weighted by atomic mass is 9.97. The molecule has 2 unspecified atom stereocenters. The molecule has 0 aromatic rings. The van der Waals surface area contributed by atoms with E-state index in [9.17, 15) is 0 Å². The summed E-state index contributed by atoms with van der Waals surface area (Å²) in [5.74, 6) is 1.01. The molecule has 0 aliphatic heterocycles. The highest BCUT2D eigenvalue weighted by Crippen LogP contribution is 2.27. The van der Waals surface area contributed by atoms with E-state index in [0.29, 0.717) is 0 Å². The van der Waals surface area contributed by atoms with Crippen molar-refractivity contribution in [2.75, 3.05) is 27.2 Å². The maximum atomic E-state index is 3.23. The van der Waals surface area contributed by atoms with Crippen molar-refractivity contribution in [3.63, 3.8) is 0 Å². The first-order valence-corrected chi connectivity index (χ1v) is 6.62. The SMILES string of the molecule is CCC1CCCC(N(C)CCNC)CC1. The minimum absolute atomic E-state index is 0.842. The van der Waals surface area contributed by atoms with Crippen LogP contribution >= 0.6 is 0 Å². The van der Waals surface area contributed by atoms with Crippen LogP contribution in [-0.2, 0) is 0 Å². The molecule has 2 atom stereocenters. The van der Waals surface area contributed by atoms with Gasteiger partial charge in [0.1, 0.15) is 0 Å². The predicted octanol–water partition coefficient (Wildman–Crippen LogP) is 2.50. The number of hydrogen-bond acceptors (Lipinski definition) is 2. The van der Waals surface area contributed by atoms with Crippen molar-refractivity contribution < 1.29 is 0 Å². The van der Waals surface area contributed by atoms with Gasteiger partial charge in [0.25, 0.3) is 0 Å². The van der Waals surface area contributed by atoms with Gasteiger partial charge < -0.3 is 10.2 Å². The average molecular weight is 212 g/mol. The number of rotatable bonds is 5. The van der Waals surface area contributed by atoms with Gasteiger partial charge in [0.05, 0.1) is 0 Å². The van der Waals surface area contributed by atoms with Crippen LogP contribution in [0.15, 0.2) is 0 Å². The summed E-state index contributed by atoms with van der Waals surface area (Å²) >= 11 is 0. The molecule has 2 heteroatoms. The van der Waals surface area contributed by atoms with E-state index in [4.69, 9.17) is 0 Å². The zero-order valence-electron chi connectivity index (χ0n) is 10.8. The Hall–Kier alpha value is -0.0800. The van der Waals surface area contributed by atoms with Crippen molar-refractivity contribution in [2.45, 2.75) is 51.5 Å². The second-order valence-electron chi connectivity index (χ2n) is 5.02. The Morgan fingerprint density at radius 1 is 1.20 bits per heavy atom. The highest BCUT2D eigenvalue weighted by Gasteiger charge is 2.20. The molecule has 0 aromatic carbocycles. The first-order chi connectivity index (χ1) is 7.27. The minimum atomic E-state index is 0.842. The Labute approximate surface area is 95.4 Å². The number of nitrogens with one attached hydrogen (secondary N) is 1. The Balaban J connectivity index is 2.29. The van der Waals surface area contributed by atoms with Crippen molar-refractivity contribution in [3.05, 3.63) is 0 Å². The Morgan fingerprint density at radius 3 is 2.67 bits per heavy atom. The van der Waals surface area contributed by atoms with E-state index in [1.54, 1.807) is 0 Å². The first-order valence-electron chi connectivity index (χ1n) is 6.62. The van der Waals surface area contributed by atoms with E-state index < -0.39 is 0 Å². The topological polar surface area (TPSA) is 15.3 Å². The summed E-state index contributed by atoms with van der Waals surface area (Å²) in [6.07, 6.45) is 8.56. The number of hydrogen-bond donors (Lipinski definition) is 1. The Kier molecular flexibility index (Phi) is 6.26. The zero-order chi connectivity index (χ0) is 11.1. The van der Waals surface area contributed by atoms with Crippen molar-refractivity contribution >= 4 is 0 Å². The van der Waals surface area contributed by atoms with Crippen LogP contribution in [0.2, 0.25) is 0 Å². The van der Waals surface area contributed by atoms with Gasteiger partial charge in [-0.25, -0.2) is 0 Å². The van der Waals surface area contributed by atoms with Crippen LogP contribution in [0, 0.1) is 5.92 Å². The third-order valence-electron chi connectivity index (χ3n) is 3.97. The maximum absolute atomic E-state index is 3.23. The fourth-order valence-corrected chi connectivity index (χ4v) is 2.68. The van der Waals surface area contributed by atoms with Crippen molar-refractivity contribution in [3.8, 4) is 0 Å². The standard InChI is InChI=1S/C13H28N2/c1-4-12-6-5-7-13(9-8-12)15(3)11-10-14-2/h12-14H,4-11H2,1-3H3. The van der Waals surface area contributed by atoms with Gasteiger partial charge in [-0.1, -0.05) is 26.2 Å². The Bertz CT molecular complexity index is 159. The predicted molar refractivity (Wildman–Crippen MR) is 67.2 cm³/mol. The monoisotopic (exact) mass is 212 g/mol. The van der Waals surface area contributed by atoms with Gasteiger partial charge in [-0.2, -0.15) is 0 Å². The van der Waals surface area contributed by atoms with Crippen LogP contribution in [0.1, 0.15) is 45.4 Å². The molecule has 0 amide bonds. The van der Waals surface area contributed by atoms with Crippen LogP contribution < -0.4 is 5.32 Å². The summed E-state index contributed by atoms with van der Waals surface area (Å²) in [4.78, 5) is 2.55. The van der Waals surface area contributed by atoms with Gasteiger partial charge in [0.2, 0.25) is 0 Å². The second-order valence-corrected chi connectivity index (χ2v) is 5.02. The molecular formula is C13H28N2. The van der Waals surface area contributed by atoms with Gasteiger partial charge in [0.15, 0.2) is 0 Å². The normalized spacial score (nSPS) is 28.0. The third-order valence-corrected chi connectivity index (χ3v) is 3.97. The van der Waals surface area contributed by atoms with Crippen molar-refractivity contribution in [1.29, 1.82) is 0 Å². The maximum Gasteiger partial charge on any atom is 0.0107 e. The molecule has 1 fully saturated rings. The molecule has 15 heavy (non-hydrogen) atoms. The van der Waals surface area contributed by atoms with Crippen molar-refractivity contribution in [2.24, 2.45) is 5.92 Å². The molecule has 2 nitrogen and oxygen atoms in total. The van der Waals surface area contributed by atoms with Gasteiger partial charge in [0, 0.05) is 19.1 Å². The van der Waals surface area contributed by atoms with E-state index in [-0.39, 0.29) is 0 Å². The lowest BCUT2D eigenvalue weighted by Crippen LogP contribution is -2.36. The van der Waals surface area contributed by atoms with E-state index in [2.05, 4.69) is 24.2 Å². The largest absolute Gasteiger partial charge is 0.318 e. The molecule has 1 saturated carbocycles. The van der Waals surface area contributed by atoms with Crippen LogP contribution in [-0.4, -0.2) is 38.1 Å². The molecule has 90 valence electrons. The minimum Gasteiger partial charge on any atom is -0.318 e. The average Bonchev–Trinajstić information content (AvgIpc) is 2.50. The van der Waals surface area contributed by atoms with E-state index in [0.717, 1.165) is 18.5 Å². The molecule has 0 radical (unpaired) electrons. The van der Waals surface area contributed by atoms with E-state index in [1.807, 2.05) is 7.05 Å². The van der Waals surface area contributed by atoms with Gasteiger partial charge in [-0.3, -0.25) is 0 Å². The van der Waals surface area contributed by atoms with Gasteiger partial charge >= 0.3 is 0 Å². The third kappa shape index (κ3) is 4.52. The molecule has 1 aliphatic rings. The smallest absolute Gasteiger partial charge is 0.0107 e. The molecule has 0 heterocycles. The highest BCUT2D eigenvalue weighted by atomic mass is 15.1. The fraction of sp³-hybridized carbons (Fsp3) is 1.00. The summed E-state index contributed by atoms with van der Waals surface area (Å²) in [7, 11) is 4.32. The molecule has 0 spiro atoms. The van der Waals surface area contributed by atoms with Gasteiger partial charge in [-0.05, 0) is 39.3 Å². The van der Waals surface area contributed by atoms with Crippen LogP contribution in [0.4, 0.5) is 0 Å². The lowest BCUT2D eigenvalue weighted by Gasteiger charge is -2.27. The second kappa shape index (κ2) is 7.24. The molecule has 0 aromatic heterocycles. The number of nitrogens with zero attached hydrogens (tertiary/aromatic N) is 1. The molecule has 0 bridgehead atoms. The molecule has 1 rings (SSSR count). The summed E-state index contributed by atoms with van der Waals surface area (Å²) in [6, 6.07) is 0.842. The number of likely N-dealkylation sites (N-methyl/N-ethyl adjacent to an activating group) is 2. The quantitative estimate of drug-likeness (QED) is 0.704.